The minimum atomic E-state index is -0.264. The lowest BCUT2D eigenvalue weighted by atomic mass is 9.90. The van der Waals surface area contributed by atoms with E-state index in [1.807, 2.05) is 0 Å². The molecule has 1 saturated carbocycles. The highest BCUT2D eigenvalue weighted by Gasteiger charge is 2.26. The van der Waals surface area contributed by atoms with Crippen LogP contribution in [0.3, 0.4) is 0 Å². The average Bonchev–Trinajstić information content (AvgIpc) is 2.62. The molecule has 0 radical (unpaired) electrons. The van der Waals surface area contributed by atoms with Crippen LogP contribution in [-0.2, 0) is 0 Å². The maximum absolute atomic E-state index is 13.7. The molecule has 1 aliphatic carbocycles. The predicted molar refractivity (Wildman–Crippen MR) is 65.5 cm³/mol. The number of hydrogen-bond donors (Lipinski definition) is 2. The molecule has 0 saturated heterocycles. The molecule has 3 nitrogen and oxygen atoms in total. The van der Waals surface area contributed by atoms with Crippen LogP contribution in [0.25, 0.3) is 0 Å². The molecular weight excluding hydrogens is 217 g/mol. The van der Waals surface area contributed by atoms with Crippen molar-refractivity contribution in [2.24, 2.45) is 11.8 Å². The molecule has 2 rings (SSSR count). The number of nitrogens with zero attached hydrogens (tertiary/aromatic N) is 1. The van der Waals surface area contributed by atoms with Crippen molar-refractivity contribution >= 4 is 0 Å². The Labute approximate surface area is 102 Å². The zero-order valence-corrected chi connectivity index (χ0v) is 10.0. The minimum absolute atomic E-state index is 0.158. The van der Waals surface area contributed by atoms with E-state index in [0.717, 1.165) is 12.8 Å². The van der Waals surface area contributed by atoms with E-state index in [4.69, 9.17) is 5.84 Å². The van der Waals surface area contributed by atoms with Crippen molar-refractivity contribution in [1.82, 2.24) is 10.4 Å². The van der Waals surface area contributed by atoms with E-state index in [1.54, 1.807) is 12.3 Å². The highest BCUT2D eigenvalue weighted by Crippen LogP contribution is 2.33. The Hall–Kier alpha value is -1.00. The largest absolute Gasteiger partial charge is 0.271 e. The van der Waals surface area contributed by atoms with Crippen molar-refractivity contribution in [2.75, 3.05) is 0 Å². The normalized spacial score (nSPS) is 19.9. The Balaban J connectivity index is 2.17. The number of nitrogens with one attached hydrogen (secondary N) is 1. The molecule has 0 aromatic carbocycles. The fraction of sp³-hybridized carbons (Fsp3) is 0.615. The second-order valence-corrected chi connectivity index (χ2v) is 4.77. The maximum Gasteiger partial charge on any atom is 0.146 e. The quantitative estimate of drug-likeness (QED) is 0.483. The van der Waals surface area contributed by atoms with Gasteiger partial charge >= 0.3 is 0 Å². The lowest BCUT2D eigenvalue weighted by Gasteiger charge is -2.25. The Morgan fingerprint density at radius 2 is 2.00 bits per heavy atom. The van der Waals surface area contributed by atoms with Crippen LogP contribution in [0.1, 0.15) is 50.3 Å². The first-order valence-corrected chi connectivity index (χ1v) is 6.39. The van der Waals surface area contributed by atoms with Gasteiger partial charge in [0.2, 0.25) is 0 Å². The van der Waals surface area contributed by atoms with Crippen LogP contribution in [0.15, 0.2) is 18.3 Å². The second-order valence-electron chi connectivity index (χ2n) is 4.77. The number of pyridine rings is 1. The maximum atomic E-state index is 13.7. The van der Waals surface area contributed by atoms with Crippen molar-refractivity contribution in [3.63, 3.8) is 0 Å². The number of aromatic nitrogens is 1. The van der Waals surface area contributed by atoms with E-state index in [0.29, 0.717) is 11.6 Å². The summed E-state index contributed by atoms with van der Waals surface area (Å²) in [6, 6.07) is 2.90. The first-order chi connectivity index (χ1) is 8.33. The Morgan fingerprint density at radius 1 is 1.29 bits per heavy atom. The van der Waals surface area contributed by atoms with Gasteiger partial charge in [-0.05, 0) is 30.9 Å². The number of rotatable bonds is 3. The smallest absolute Gasteiger partial charge is 0.146 e. The zero-order chi connectivity index (χ0) is 12.1. The SMILES string of the molecule is NNC(c1ncccc1F)C1CCCCCC1. The third-order valence-corrected chi connectivity index (χ3v) is 3.63. The zero-order valence-electron chi connectivity index (χ0n) is 10.0. The van der Waals surface area contributed by atoms with E-state index < -0.39 is 0 Å². The molecule has 1 unspecified atom stereocenters. The summed E-state index contributed by atoms with van der Waals surface area (Å²) in [6.45, 7) is 0. The molecule has 1 fully saturated rings. The average molecular weight is 237 g/mol. The summed E-state index contributed by atoms with van der Waals surface area (Å²) in [7, 11) is 0. The molecule has 1 atom stereocenters. The predicted octanol–water partition coefficient (Wildman–Crippen LogP) is 2.70. The lowest BCUT2D eigenvalue weighted by Crippen LogP contribution is -2.34. The van der Waals surface area contributed by atoms with Crippen LogP contribution in [0.5, 0.6) is 0 Å². The van der Waals surface area contributed by atoms with Crippen LogP contribution < -0.4 is 11.3 Å². The van der Waals surface area contributed by atoms with E-state index in [-0.39, 0.29) is 11.9 Å². The monoisotopic (exact) mass is 237 g/mol. The molecule has 17 heavy (non-hydrogen) atoms. The van der Waals surface area contributed by atoms with Crippen molar-refractivity contribution < 1.29 is 4.39 Å². The molecule has 4 heteroatoms. The molecule has 0 spiro atoms. The van der Waals surface area contributed by atoms with Gasteiger partial charge in [0.05, 0.1) is 11.7 Å². The van der Waals surface area contributed by atoms with E-state index >= 15 is 0 Å². The number of hydrogen-bond acceptors (Lipinski definition) is 3. The van der Waals surface area contributed by atoms with Crippen molar-refractivity contribution in [1.29, 1.82) is 0 Å². The highest BCUT2D eigenvalue weighted by molar-refractivity contribution is 5.12. The molecule has 94 valence electrons. The highest BCUT2D eigenvalue weighted by atomic mass is 19.1. The summed E-state index contributed by atoms with van der Waals surface area (Å²) in [6.07, 6.45) is 8.79. The third kappa shape index (κ3) is 3.01. The Bertz CT molecular complexity index is 348. The second kappa shape index (κ2) is 6.07. The topological polar surface area (TPSA) is 50.9 Å². The molecule has 0 bridgehead atoms. The fourth-order valence-electron chi connectivity index (χ4n) is 2.71. The van der Waals surface area contributed by atoms with Gasteiger partial charge in [-0.25, -0.2) is 4.39 Å². The molecule has 0 amide bonds. The lowest BCUT2D eigenvalue weighted by molar-refractivity contribution is 0.314. The summed E-state index contributed by atoms with van der Waals surface area (Å²) >= 11 is 0. The minimum Gasteiger partial charge on any atom is -0.271 e. The van der Waals surface area contributed by atoms with Gasteiger partial charge in [0.1, 0.15) is 5.82 Å². The van der Waals surface area contributed by atoms with Gasteiger partial charge in [0, 0.05) is 6.20 Å². The third-order valence-electron chi connectivity index (χ3n) is 3.63. The molecule has 3 N–H and O–H groups in total. The van der Waals surface area contributed by atoms with E-state index in [1.165, 1.54) is 31.7 Å². The summed E-state index contributed by atoms with van der Waals surface area (Å²) < 4.78 is 13.7. The standard InChI is InChI=1S/C13H20FN3/c14-11-8-5-9-16-13(11)12(17-15)10-6-3-1-2-4-7-10/h5,8-10,12,17H,1-4,6-7,15H2. The van der Waals surface area contributed by atoms with Gasteiger partial charge in [-0.1, -0.05) is 25.7 Å². The first kappa shape index (κ1) is 12.5. The molecule has 1 aromatic rings. The molecule has 1 aliphatic rings. The number of halogens is 1. The fourth-order valence-corrected chi connectivity index (χ4v) is 2.71. The molecular formula is C13H20FN3. The summed E-state index contributed by atoms with van der Waals surface area (Å²) in [4.78, 5) is 4.14. The molecule has 0 aliphatic heterocycles. The van der Waals surface area contributed by atoms with Gasteiger partial charge in [0.15, 0.2) is 0 Å². The first-order valence-electron chi connectivity index (χ1n) is 6.39. The Morgan fingerprint density at radius 3 is 2.59 bits per heavy atom. The van der Waals surface area contributed by atoms with Crippen molar-refractivity contribution in [2.45, 2.75) is 44.6 Å². The van der Waals surface area contributed by atoms with E-state index in [2.05, 4.69) is 10.4 Å². The van der Waals surface area contributed by atoms with Crippen molar-refractivity contribution in [3.8, 4) is 0 Å². The van der Waals surface area contributed by atoms with Crippen LogP contribution in [0, 0.1) is 11.7 Å². The molecule has 1 heterocycles. The van der Waals surface area contributed by atoms with Gasteiger partial charge in [-0.3, -0.25) is 16.3 Å². The Kier molecular flexibility index (Phi) is 4.45. The summed E-state index contributed by atoms with van der Waals surface area (Å²) in [5.41, 5.74) is 3.21. The van der Waals surface area contributed by atoms with Gasteiger partial charge in [-0.2, -0.15) is 0 Å². The number of hydrazine groups is 1. The van der Waals surface area contributed by atoms with Gasteiger partial charge < -0.3 is 0 Å². The van der Waals surface area contributed by atoms with E-state index in [9.17, 15) is 4.39 Å². The summed E-state index contributed by atoms with van der Waals surface area (Å²) in [5.74, 6) is 5.73. The van der Waals surface area contributed by atoms with Crippen molar-refractivity contribution in [3.05, 3.63) is 29.8 Å². The number of nitrogens with two attached hydrogens (primary N) is 1. The van der Waals surface area contributed by atoms with Gasteiger partial charge in [0.25, 0.3) is 0 Å². The van der Waals surface area contributed by atoms with Crippen LogP contribution in [0.2, 0.25) is 0 Å². The van der Waals surface area contributed by atoms with Crippen LogP contribution in [-0.4, -0.2) is 4.98 Å². The molecule has 1 aromatic heterocycles. The summed E-state index contributed by atoms with van der Waals surface area (Å²) in [5, 5.41) is 0. The van der Waals surface area contributed by atoms with Crippen LogP contribution >= 0.6 is 0 Å². The van der Waals surface area contributed by atoms with Crippen LogP contribution in [0.4, 0.5) is 4.39 Å². The van der Waals surface area contributed by atoms with Gasteiger partial charge in [-0.15, -0.1) is 0 Å².